The summed E-state index contributed by atoms with van der Waals surface area (Å²) < 4.78 is 19.8. The van der Waals surface area contributed by atoms with E-state index in [1.807, 2.05) is 5.32 Å². The number of amides is 3. The number of hydrogen-bond acceptors (Lipinski definition) is 4. The molecule has 0 saturated heterocycles. The van der Waals surface area contributed by atoms with Gasteiger partial charge in [-0.05, 0) is 49.2 Å². The second kappa shape index (κ2) is 10.4. The molecule has 2 N–H and O–H groups in total. The predicted octanol–water partition coefficient (Wildman–Crippen LogP) is 7.71. The van der Waals surface area contributed by atoms with Crippen molar-refractivity contribution in [2.24, 2.45) is 0 Å². The van der Waals surface area contributed by atoms with Crippen LogP contribution in [0.15, 0.2) is 42.5 Å². The van der Waals surface area contributed by atoms with E-state index in [9.17, 15) is 18.8 Å². The number of anilines is 1. The first kappa shape index (κ1) is 25.3. The molecule has 0 atom stereocenters. The fourth-order valence-corrected chi connectivity index (χ4v) is 4.78. The maximum atomic E-state index is 13.9. The summed E-state index contributed by atoms with van der Waals surface area (Å²) in [6.07, 6.45) is 1.60. The maximum Gasteiger partial charge on any atom is 0.326 e. The number of ether oxygens (including phenoxy) is 1. The van der Waals surface area contributed by atoms with E-state index in [2.05, 4.69) is 5.32 Å². The fraction of sp³-hybridized carbons (Fsp3) is 0.125. The number of benzene rings is 3. The Morgan fingerprint density at radius 1 is 0.914 bits per heavy atom. The molecule has 0 bridgehead atoms. The van der Waals surface area contributed by atoms with Crippen LogP contribution in [0, 0.1) is 5.82 Å². The van der Waals surface area contributed by atoms with Crippen LogP contribution in [0.5, 0.6) is 11.5 Å². The van der Waals surface area contributed by atoms with Gasteiger partial charge in [0.25, 0.3) is 5.91 Å². The maximum absolute atomic E-state index is 13.9. The molecule has 6 nitrogen and oxygen atoms in total. The van der Waals surface area contributed by atoms with Crippen molar-refractivity contribution in [3.8, 4) is 11.5 Å². The second-order valence-corrected chi connectivity index (χ2v) is 9.18. The molecule has 0 fully saturated rings. The Kier molecular flexibility index (Phi) is 7.52. The zero-order valence-electron chi connectivity index (χ0n) is 17.7. The van der Waals surface area contributed by atoms with Gasteiger partial charge in [0, 0.05) is 23.2 Å². The van der Waals surface area contributed by atoms with Crippen molar-refractivity contribution < 1.29 is 23.5 Å². The van der Waals surface area contributed by atoms with Gasteiger partial charge in [-0.1, -0.05) is 52.5 Å². The predicted molar refractivity (Wildman–Crippen MR) is 133 cm³/mol. The molecule has 1 aliphatic rings. The average Bonchev–Trinajstić information content (AvgIpc) is 2.77. The van der Waals surface area contributed by atoms with Crippen molar-refractivity contribution in [2.75, 3.05) is 5.32 Å². The van der Waals surface area contributed by atoms with Crippen LogP contribution in [0.2, 0.25) is 20.1 Å². The van der Waals surface area contributed by atoms with E-state index in [4.69, 9.17) is 51.1 Å². The van der Waals surface area contributed by atoms with E-state index in [0.29, 0.717) is 30.4 Å². The van der Waals surface area contributed by atoms with Crippen LogP contribution in [0.1, 0.15) is 39.1 Å². The first-order chi connectivity index (χ1) is 16.7. The van der Waals surface area contributed by atoms with Crippen LogP contribution in [0.25, 0.3) is 0 Å². The van der Waals surface area contributed by atoms with Gasteiger partial charge in [0.2, 0.25) is 0 Å². The summed E-state index contributed by atoms with van der Waals surface area (Å²) in [7, 11) is 0. The van der Waals surface area contributed by atoms with Crippen LogP contribution in [-0.2, 0) is 6.42 Å². The van der Waals surface area contributed by atoms with Gasteiger partial charge in [-0.25, -0.2) is 9.18 Å². The minimum absolute atomic E-state index is 0.0827. The van der Waals surface area contributed by atoms with Crippen LogP contribution in [-0.4, -0.2) is 17.7 Å². The largest absolute Gasteiger partial charge is 0.454 e. The third-order valence-electron chi connectivity index (χ3n) is 5.21. The highest BCUT2D eigenvalue weighted by Gasteiger charge is 2.27. The number of carbonyl (C=O) groups excluding carboxylic acids is 3. The van der Waals surface area contributed by atoms with Gasteiger partial charge < -0.3 is 10.1 Å². The molecule has 3 amide bonds. The Balaban J connectivity index is 1.50. The second-order valence-electron chi connectivity index (χ2n) is 7.55. The fourth-order valence-electron chi connectivity index (χ4n) is 3.67. The summed E-state index contributed by atoms with van der Waals surface area (Å²) in [5.41, 5.74) is 0.782. The quantitative estimate of drug-likeness (QED) is 0.345. The first-order valence-electron chi connectivity index (χ1n) is 10.2. The van der Waals surface area contributed by atoms with E-state index >= 15 is 0 Å². The molecule has 180 valence electrons. The number of halogens is 5. The molecular formula is C24H15Cl4FN2O4. The number of Topliss-reactive ketones (excluding diaryl/α,β-unsaturated/α-hetero) is 1. The molecule has 1 aliphatic carbocycles. The summed E-state index contributed by atoms with van der Waals surface area (Å²) in [6.45, 7) is 0. The molecule has 0 aromatic heterocycles. The van der Waals surface area contributed by atoms with Gasteiger partial charge in [0.1, 0.15) is 17.3 Å². The minimum Gasteiger partial charge on any atom is -0.454 e. The van der Waals surface area contributed by atoms with Gasteiger partial charge in [-0.2, -0.15) is 0 Å². The molecule has 0 heterocycles. The summed E-state index contributed by atoms with van der Waals surface area (Å²) in [6, 6.07) is 8.59. The van der Waals surface area contributed by atoms with E-state index in [1.165, 1.54) is 36.4 Å². The molecule has 3 aromatic carbocycles. The first-order valence-corrected chi connectivity index (χ1v) is 11.7. The number of carbonyl (C=O) groups is 3. The zero-order valence-corrected chi connectivity index (χ0v) is 20.7. The standard InChI is InChI=1S/C24H15Cl4FN2O4/c25-13-4-2-5-17(29)21(13)23(33)31-24(34)30-11-7-8-19(14(26)9-11)35-22-12-3-1-6-18(32)20(12)15(27)10-16(22)28/h2,4-5,7-10H,1,3,6H2,(H2,30,31,33,34). The molecule has 0 unspecified atom stereocenters. The molecule has 3 aromatic rings. The molecule has 0 aliphatic heterocycles. The minimum atomic E-state index is -1.01. The average molecular weight is 556 g/mol. The zero-order chi connectivity index (χ0) is 25.3. The van der Waals surface area contributed by atoms with Crippen molar-refractivity contribution >= 4 is 69.8 Å². The van der Waals surface area contributed by atoms with Gasteiger partial charge >= 0.3 is 6.03 Å². The van der Waals surface area contributed by atoms with Crippen LogP contribution in [0.4, 0.5) is 14.9 Å². The van der Waals surface area contributed by atoms with Crippen LogP contribution >= 0.6 is 46.4 Å². The number of urea groups is 1. The lowest BCUT2D eigenvalue weighted by molar-refractivity contribution is 0.0957. The molecule has 11 heteroatoms. The van der Waals surface area contributed by atoms with Crippen molar-refractivity contribution in [3.63, 3.8) is 0 Å². The summed E-state index contributed by atoms with van der Waals surface area (Å²) >= 11 is 24.7. The summed E-state index contributed by atoms with van der Waals surface area (Å²) in [4.78, 5) is 36.8. The lowest BCUT2D eigenvalue weighted by atomic mass is 9.90. The van der Waals surface area contributed by atoms with Crippen molar-refractivity contribution in [1.82, 2.24) is 5.32 Å². The number of ketones is 1. The highest BCUT2D eigenvalue weighted by molar-refractivity contribution is 6.38. The normalized spacial score (nSPS) is 12.7. The lowest BCUT2D eigenvalue weighted by Crippen LogP contribution is -2.35. The Morgan fingerprint density at radius 3 is 2.40 bits per heavy atom. The Morgan fingerprint density at radius 2 is 1.69 bits per heavy atom. The van der Waals surface area contributed by atoms with Gasteiger partial charge in [0.15, 0.2) is 5.78 Å². The van der Waals surface area contributed by atoms with E-state index < -0.39 is 23.3 Å². The van der Waals surface area contributed by atoms with Gasteiger partial charge in [-0.3, -0.25) is 14.9 Å². The summed E-state index contributed by atoms with van der Waals surface area (Å²) in [5.74, 6) is -1.45. The Labute approximate surface area is 219 Å². The molecular weight excluding hydrogens is 541 g/mol. The molecule has 0 spiro atoms. The topological polar surface area (TPSA) is 84.5 Å². The monoisotopic (exact) mass is 554 g/mol. The van der Waals surface area contributed by atoms with Crippen LogP contribution in [0.3, 0.4) is 0 Å². The molecule has 0 saturated carbocycles. The van der Waals surface area contributed by atoms with Gasteiger partial charge in [0.05, 0.1) is 25.7 Å². The highest BCUT2D eigenvalue weighted by Crippen LogP contribution is 2.43. The molecule has 0 radical (unpaired) electrons. The van der Waals surface area contributed by atoms with E-state index in [-0.39, 0.29) is 43.1 Å². The van der Waals surface area contributed by atoms with E-state index in [1.54, 1.807) is 0 Å². The SMILES string of the molecule is O=C(NC(=O)c1c(F)cccc1Cl)Nc1ccc(Oc2c(Cl)cc(Cl)c3c2CCCC3=O)c(Cl)c1. The highest BCUT2D eigenvalue weighted by atomic mass is 35.5. The summed E-state index contributed by atoms with van der Waals surface area (Å²) in [5, 5.41) is 4.91. The molecule has 35 heavy (non-hydrogen) atoms. The number of hydrogen-bond donors (Lipinski definition) is 2. The molecule has 4 rings (SSSR count). The Bertz CT molecular complexity index is 1360. The smallest absolute Gasteiger partial charge is 0.326 e. The van der Waals surface area contributed by atoms with Crippen LogP contribution < -0.4 is 15.4 Å². The number of imide groups is 1. The van der Waals surface area contributed by atoms with Gasteiger partial charge in [-0.15, -0.1) is 0 Å². The number of fused-ring (bicyclic) bond motifs is 1. The lowest BCUT2D eigenvalue weighted by Gasteiger charge is -2.21. The van der Waals surface area contributed by atoms with Crippen molar-refractivity contribution in [2.45, 2.75) is 19.3 Å². The Hall–Kier alpha value is -2.84. The van der Waals surface area contributed by atoms with E-state index in [0.717, 1.165) is 6.07 Å². The third-order valence-corrected chi connectivity index (χ3v) is 6.40. The number of rotatable bonds is 4. The third kappa shape index (κ3) is 5.38. The van der Waals surface area contributed by atoms with Crippen molar-refractivity contribution in [3.05, 3.63) is 85.1 Å². The number of nitrogens with one attached hydrogen (secondary N) is 2. The van der Waals surface area contributed by atoms with Crippen molar-refractivity contribution in [1.29, 1.82) is 0 Å².